The molecule has 0 spiro atoms. The quantitative estimate of drug-likeness (QED) is 0.639. The van der Waals surface area contributed by atoms with Gasteiger partial charge in [0.25, 0.3) is 0 Å². The van der Waals surface area contributed by atoms with Crippen molar-refractivity contribution in [3.8, 4) is 0 Å². The Balaban J connectivity index is 1.49. The number of carbonyl (C=O) groups excluding carboxylic acids is 3. The topological polar surface area (TPSA) is 60.4 Å². The number of benzene rings is 1. The number of fused-ring (bicyclic) bond motifs is 5. The highest BCUT2D eigenvalue weighted by Gasteiger charge is 2.62. The van der Waals surface area contributed by atoms with E-state index in [-0.39, 0.29) is 22.5 Å². The van der Waals surface area contributed by atoms with E-state index in [4.69, 9.17) is 4.74 Å². The first-order chi connectivity index (χ1) is 14.3. The molecule has 0 saturated heterocycles. The van der Waals surface area contributed by atoms with E-state index in [9.17, 15) is 14.4 Å². The van der Waals surface area contributed by atoms with Crippen molar-refractivity contribution in [3.63, 3.8) is 0 Å². The molecule has 4 nitrogen and oxygen atoms in total. The van der Waals surface area contributed by atoms with Gasteiger partial charge in [0.2, 0.25) is 0 Å². The predicted molar refractivity (Wildman–Crippen MR) is 112 cm³/mol. The Bertz CT molecular complexity index is 932. The van der Waals surface area contributed by atoms with Gasteiger partial charge < -0.3 is 4.74 Å². The maximum Gasteiger partial charge on any atom is 0.343 e. The molecule has 158 valence electrons. The zero-order valence-electron chi connectivity index (χ0n) is 17.9. The van der Waals surface area contributed by atoms with Crippen LogP contribution in [0.2, 0.25) is 0 Å². The molecule has 1 aromatic carbocycles. The van der Waals surface area contributed by atoms with E-state index in [1.165, 1.54) is 0 Å². The van der Waals surface area contributed by atoms with Crippen LogP contribution >= 0.6 is 0 Å². The van der Waals surface area contributed by atoms with Crippen LogP contribution in [-0.4, -0.2) is 17.5 Å². The summed E-state index contributed by atoms with van der Waals surface area (Å²) in [6.45, 7) is 4.39. The van der Waals surface area contributed by atoms with E-state index < -0.39 is 5.97 Å². The average Bonchev–Trinajstić information content (AvgIpc) is 3.04. The van der Waals surface area contributed by atoms with Gasteiger partial charge in [-0.3, -0.25) is 9.59 Å². The fraction of sp³-hybridized carbons (Fsp3) is 0.577. The first kappa shape index (κ1) is 19.7. The van der Waals surface area contributed by atoms with Crippen molar-refractivity contribution >= 4 is 17.5 Å². The molecule has 4 aliphatic rings. The molecule has 30 heavy (non-hydrogen) atoms. The zero-order chi connectivity index (χ0) is 21.1. The second-order valence-corrected chi connectivity index (χ2v) is 10.3. The van der Waals surface area contributed by atoms with Gasteiger partial charge in [-0.15, -0.1) is 0 Å². The minimum atomic E-state index is -0.393. The molecular weight excluding hydrogens is 376 g/mol. The number of esters is 1. The lowest BCUT2D eigenvalue weighted by Gasteiger charge is -2.58. The van der Waals surface area contributed by atoms with E-state index in [0.29, 0.717) is 47.7 Å². The van der Waals surface area contributed by atoms with Gasteiger partial charge in [-0.1, -0.05) is 32.0 Å². The highest BCUT2D eigenvalue weighted by atomic mass is 16.5. The highest BCUT2D eigenvalue weighted by Crippen LogP contribution is 2.65. The van der Waals surface area contributed by atoms with Crippen LogP contribution in [0.5, 0.6) is 0 Å². The van der Waals surface area contributed by atoms with Gasteiger partial charge in [0, 0.05) is 29.7 Å². The molecule has 3 saturated carbocycles. The molecule has 6 atom stereocenters. The minimum absolute atomic E-state index is 0.0588. The van der Waals surface area contributed by atoms with Crippen molar-refractivity contribution in [2.75, 3.05) is 0 Å². The molecule has 0 heterocycles. The van der Waals surface area contributed by atoms with E-state index in [0.717, 1.165) is 32.1 Å². The number of ether oxygens (including phenoxy) is 1. The highest BCUT2D eigenvalue weighted by molar-refractivity contribution is 5.94. The standard InChI is InChI=1S/C26H30O4/c1-25-13-12-21-19(20(25)10-11-22(25)28)9-8-17-14-18(27)15-23(26(17,21)2)30-24(29)16-6-4-3-5-7-16/h3-7,15,17,19-21H,8-14H2,1-2H3/t17?,19-,20-,21-,25-,26-/m0/s1. The van der Waals surface area contributed by atoms with Crippen molar-refractivity contribution in [2.24, 2.45) is 34.5 Å². The third-order valence-corrected chi connectivity index (χ3v) is 9.10. The number of allylic oxidation sites excluding steroid dienone is 2. The molecule has 1 aromatic rings. The molecule has 0 aromatic heterocycles. The molecule has 0 amide bonds. The smallest absolute Gasteiger partial charge is 0.343 e. The third-order valence-electron chi connectivity index (χ3n) is 9.10. The molecule has 0 radical (unpaired) electrons. The maximum atomic E-state index is 12.9. The van der Waals surface area contributed by atoms with E-state index in [1.54, 1.807) is 18.2 Å². The zero-order valence-corrected chi connectivity index (χ0v) is 17.9. The van der Waals surface area contributed by atoms with E-state index in [1.807, 2.05) is 18.2 Å². The van der Waals surface area contributed by atoms with Gasteiger partial charge in [0.05, 0.1) is 5.56 Å². The number of carbonyl (C=O) groups is 3. The molecule has 0 bridgehead atoms. The maximum absolute atomic E-state index is 12.9. The van der Waals surface area contributed by atoms with Gasteiger partial charge in [-0.05, 0) is 67.9 Å². The van der Waals surface area contributed by atoms with Crippen molar-refractivity contribution < 1.29 is 19.1 Å². The number of rotatable bonds is 2. The first-order valence-electron chi connectivity index (χ1n) is 11.4. The molecule has 0 N–H and O–H groups in total. The van der Waals surface area contributed by atoms with Gasteiger partial charge >= 0.3 is 5.97 Å². The Morgan fingerprint density at radius 3 is 2.53 bits per heavy atom. The Morgan fingerprint density at radius 1 is 1.00 bits per heavy atom. The van der Waals surface area contributed by atoms with Crippen LogP contribution in [0.25, 0.3) is 0 Å². The van der Waals surface area contributed by atoms with Crippen LogP contribution in [0.1, 0.15) is 69.2 Å². The lowest BCUT2D eigenvalue weighted by molar-refractivity contribution is -0.138. The molecule has 4 aliphatic carbocycles. The van der Waals surface area contributed by atoms with Crippen LogP contribution in [0.4, 0.5) is 0 Å². The van der Waals surface area contributed by atoms with Crippen molar-refractivity contribution in [1.82, 2.24) is 0 Å². The summed E-state index contributed by atoms with van der Waals surface area (Å²) in [7, 11) is 0. The number of hydrogen-bond acceptors (Lipinski definition) is 4. The van der Waals surface area contributed by atoms with Crippen molar-refractivity contribution in [2.45, 2.75) is 58.8 Å². The van der Waals surface area contributed by atoms with E-state index in [2.05, 4.69) is 13.8 Å². The molecule has 1 unspecified atom stereocenters. The summed E-state index contributed by atoms with van der Waals surface area (Å²) >= 11 is 0. The van der Waals surface area contributed by atoms with Crippen molar-refractivity contribution in [3.05, 3.63) is 47.7 Å². The van der Waals surface area contributed by atoms with Gasteiger partial charge in [0.1, 0.15) is 11.5 Å². The first-order valence-corrected chi connectivity index (χ1v) is 11.4. The van der Waals surface area contributed by atoms with Crippen LogP contribution in [0.3, 0.4) is 0 Å². The lowest BCUT2D eigenvalue weighted by Crippen LogP contribution is -2.54. The average molecular weight is 407 g/mol. The molecule has 3 fully saturated rings. The normalized spacial score (nSPS) is 40.1. The second-order valence-electron chi connectivity index (χ2n) is 10.3. The van der Waals surface area contributed by atoms with Crippen molar-refractivity contribution in [1.29, 1.82) is 0 Å². The summed E-state index contributed by atoms with van der Waals surface area (Å²) in [5, 5.41) is 0. The predicted octanol–water partition coefficient (Wildman–Crippen LogP) is 5.13. The lowest BCUT2D eigenvalue weighted by atomic mass is 9.46. The molecule has 4 heteroatoms. The van der Waals surface area contributed by atoms with Crippen LogP contribution in [0, 0.1) is 34.5 Å². The number of ketones is 2. The van der Waals surface area contributed by atoms with Crippen LogP contribution in [0.15, 0.2) is 42.2 Å². The Morgan fingerprint density at radius 2 is 1.77 bits per heavy atom. The fourth-order valence-electron chi connectivity index (χ4n) is 7.38. The summed E-state index contributed by atoms with van der Waals surface area (Å²) < 4.78 is 5.96. The molecule has 0 aliphatic heterocycles. The largest absolute Gasteiger partial charge is 0.427 e. The molecule has 5 rings (SSSR count). The van der Waals surface area contributed by atoms with E-state index >= 15 is 0 Å². The van der Waals surface area contributed by atoms with Gasteiger partial charge in [-0.2, -0.15) is 0 Å². The summed E-state index contributed by atoms with van der Waals surface area (Å²) in [4.78, 5) is 38.0. The summed E-state index contributed by atoms with van der Waals surface area (Å²) in [6, 6.07) is 8.99. The third kappa shape index (κ3) is 2.75. The van der Waals surface area contributed by atoms with Gasteiger partial charge in [0.15, 0.2) is 5.78 Å². The minimum Gasteiger partial charge on any atom is -0.427 e. The Hall–Kier alpha value is -2.23. The second kappa shape index (κ2) is 6.90. The Kier molecular flexibility index (Phi) is 4.53. The Labute approximate surface area is 178 Å². The monoisotopic (exact) mass is 406 g/mol. The SMILES string of the molecule is C[C@]12C(OC(=O)c3ccccc3)=CC(=O)CC1CC[C@@H]1[C@@H]2CC[C@]2(C)C(=O)CC[C@@H]12. The van der Waals surface area contributed by atoms with Crippen LogP contribution in [-0.2, 0) is 14.3 Å². The molecular formula is C26H30O4. The van der Waals surface area contributed by atoms with Crippen LogP contribution < -0.4 is 0 Å². The summed E-state index contributed by atoms with van der Waals surface area (Å²) in [6.07, 6.45) is 7.72. The number of hydrogen-bond donors (Lipinski definition) is 0. The fourth-order valence-corrected chi connectivity index (χ4v) is 7.38. The summed E-state index contributed by atoms with van der Waals surface area (Å²) in [5.74, 6) is 2.09. The van der Waals surface area contributed by atoms with Gasteiger partial charge in [-0.25, -0.2) is 4.79 Å². The summed E-state index contributed by atoms with van der Waals surface area (Å²) in [5.41, 5.74) is -0.00485. The number of Topliss-reactive ketones (excluding diaryl/α,β-unsaturated/α-hetero) is 1.